The third-order valence-electron chi connectivity index (χ3n) is 2.53. The third-order valence-corrected chi connectivity index (χ3v) is 2.90. The predicted octanol–water partition coefficient (Wildman–Crippen LogP) is 0.908. The summed E-state index contributed by atoms with van der Waals surface area (Å²) < 4.78 is 1.58. The van der Waals surface area contributed by atoms with Gasteiger partial charge >= 0.3 is 5.97 Å². The molecule has 0 radical (unpaired) electrons. The van der Waals surface area contributed by atoms with Crippen molar-refractivity contribution in [2.75, 3.05) is 7.05 Å². The summed E-state index contributed by atoms with van der Waals surface area (Å²) >= 11 is 5.83. The van der Waals surface area contributed by atoms with Crippen molar-refractivity contribution < 1.29 is 9.90 Å². The highest BCUT2D eigenvalue weighted by Crippen LogP contribution is 2.16. The molecule has 15 heavy (non-hydrogen) atoms. The quantitative estimate of drug-likeness (QED) is 0.808. The molecular formula is C9H14ClN3O2. The molecular weight excluding hydrogens is 218 g/mol. The first-order chi connectivity index (χ1) is 6.90. The second kappa shape index (κ2) is 4.20. The molecule has 0 amide bonds. The SMILES string of the molecule is CNC(C)(Cn1ncc(Cl)c1C)C(=O)O. The predicted molar refractivity (Wildman–Crippen MR) is 57.1 cm³/mol. The molecule has 1 unspecified atom stereocenters. The van der Waals surface area contributed by atoms with Crippen LogP contribution in [-0.2, 0) is 11.3 Å². The van der Waals surface area contributed by atoms with Crippen LogP contribution in [0.25, 0.3) is 0 Å². The summed E-state index contributed by atoms with van der Waals surface area (Å²) in [7, 11) is 1.61. The number of likely N-dealkylation sites (N-methyl/N-ethyl adjacent to an activating group) is 1. The molecule has 0 aromatic carbocycles. The smallest absolute Gasteiger partial charge is 0.325 e. The van der Waals surface area contributed by atoms with Crippen molar-refractivity contribution in [3.05, 3.63) is 16.9 Å². The van der Waals surface area contributed by atoms with E-state index in [1.807, 2.05) is 0 Å². The molecule has 0 bridgehead atoms. The Bertz CT molecular complexity index is 377. The Labute approximate surface area is 93.0 Å². The van der Waals surface area contributed by atoms with Crippen LogP contribution in [0.2, 0.25) is 5.02 Å². The lowest BCUT2D eigenvalue weighted by Crippen LogP contribution is -2.51. The minimum atomic E-state index is -1.04. The van der Waals surface area contributed by atoms with Gasteiger partial charge < -0.3 is 10.4 Å². The summed E-state index contributed by atoms with van der Waals surface area (Å²) in [5.41, 5.74) is -0.278. The highest BCUT2D eigenvalue weighted by Gasteiger charge is 2.32. The van der Waals surface area contributed by atoms with E-state index >= 15 is 0 Å². The van der Waals surface area contributed by atoms with E-state index in [2.05, 4.69) is 10.4 Å². The van der Waals surface area contributed by atoms with E-state index in [9.17, 15) is 4.79 Å². The number of carboxylic acids is 1. The summed E-state index contributed by atoms with van der Waals surface area (Å²) in [6, 6.07) is 0. The Balaban J connectivity index is 2.94. The van der Waals surface area contributed by atoms with Gasteiger partial charge in [0.15, 0.2) is 0 Å². The number of nitrogens with one attached hydrogen (secondary N) is 1. The van der Waals surface area contributed by atoms with Crippen molar-refractivity contribution >= 4 is 17.6 Å². The highest BCUT2D eigenvalue weighted by atomic mass is 35.5. The van der Waals surface area contributed by atoms with Crippen molar-refractivity contribution in [3.8, 4) is 0 Å². The normalized spacial score (nSPS) is 14.9. The lowest BCUT2D eigenvalue weighted by atomic mass is 10.0. The lowest BCUT2D eigenvalue weighted by molar-refractivity contribution is -0.144. The Kier molecular flexibility index (Phi) is 3.36. The van der Waals surface area contributed by atoms with Gasteiger partial charge in [-0.15, -0.1) is 0 Å². The summed E-state index contributed by atoms with van der Waals surface area (Å²) in [6.07, 6.45) is 1.51. The van der Waals surface area contributed by atoms with Gasteiger partial charge in [0, 0.05) is 0 Å². The number of hydrogen-bond acceptors (Lipinski definition) is 3. The number of aliphatic carboxylic acids is 1. The first kappa shape index (κ1) is 12.0. The molecule has 84 valence electrons. The van der Waals surface area contributed by atoms with Crippen LogP contribution >= 0.6 is 11.6 Å². The van der Waals surface area contributed by atoms with E-state index < -0.39 is 11.5 Å². The van der Waals surface area contributed by atoms with Crippen molar-refractivity contribution in [2.45, 2.75) is 25.9 Å². The Morgan fingerprint density at radius 2 is 2.40 bits per heavy atom. The minimum absolute atomic E-state index is 0.234. The third kappa shape index (κ3) is 2.30. The molecule has 0 spiro atoms. The van der Waals surface area contributed by atoms with Crippen LogP contribution in [0.15, 0.2) is 6.20 Å². The molecule has 1 rings (SSSR count). The maximum Gasteiger partial charge on any atom is 0.325 e. The molecule has 0 aliphatic rings. The molecule has 6 heteroatoms. The van der Waals surface area contributed by atoms with Crippen molar-refractivity contribution in [2.24, 2.45) is 0 Å². The summed E-state index contributed by atoms with van der Waals surface area (Å²) in [4.78, 5) is 11.0. The van der Waals surface area contributed by atoms with E-state index in [4.69, 9.17) is 16.7 Å². The Morgan fingerprint density at radius 1 is 1.80 bits per heavy atom. The number of carbonyl (C=O) groups is 1. The van der Waals surface area contributed by atoms with Gasteiger partial charge in [-0.3, -0.25) is 9.48 Å². The molecule has 1 aromatic heterocycles. The summed E-state index contributed by atoms with van der Waals surface area (Å²) in [5.74, 6) is -0.920. The zero-order valence-corrected chi connectivity index (χ0v) is 9.67. The van der Waals surface area contributed by atoms with Crippen LogP contribution in [0.3, 0.4) is 0 Å². The summed E-state index contributed by atoms with van der Waals surface area (Å²) in [5, 5.41) is 16.4. The second-order valence-corrected chi connectivity index (χ2v) is 4.03. The van der Waals surface area contributed by atoms with Crippen molar-refractivity contribution in [3.63, 3.8) is 0 Å². The number of nitrogens with zero attached hydrogens (tertiary/aromatic N) is 2. The van der Waals surface area contributed by atoms with Crippen LogP contribution in [0, 0.1) is 6.92 Å². The maximum absolute atomic E-state index is 11.0. The van der Waals surface area contributed by atoms with Gasteiger partial charge in [-0.1, -0.05) is 11.6 Å². The van der Waals surface area contributed by atoms with E-state index in [1.165, 1.54) is 6.20 Å². The van der Waals surface area contributed by atoms with E-state index in [1.54, 1.807) is 25.6 Å². The summed E-state index contributed by atoms with van der Waals surface area (Å²) in [6.45, 7) is 3.63. The van der Waals surface area contributed by atoms with Crippen LogP contribution in [-0.4, -0.2) is 33.4 Å². The molecule has 2 N–H and O–H groups in total. The molecule has 1 atom stereocenters. The van der Waals surface area contributed by atoms with Gasteiger partial charge in [0.1, 0.15) is 5.54 Å². The standard InChI is InChI=1S/C9H14ClN3O2/c1-6-7(10)4-12-13(6)5-9(2,11-3)8(14)15/h4,11H,5H2,1-3H3,(H,14,15). The zero-order chi connectivity index (χ0) is 11.6. The number of rotatable bonds is 4. The molecule has 5 nitrogen and oxygen atoms in total. The van der Waals surface area contributed by atoms with Gasteiger partial charge in [0.25, 0.3) is 0 Å². The van der Waals surface area contributed by atoms with Gasteiger partial charge in [0.05, 0.1) is 23.5 Å². The fraction of sp³-hybridized carbons (Fsp3) is 0.556. The molecule has 1 heterocycles. The monoisotopic (exact) mass is 231 g/mol. The molecule has 1 aromatic rings. The second-order valence-electron chi connectivity index (χ2n) is 3.62. The van der Waals surface area contributed by atoms with E-state index in [0.29, 0.717) is 5.02 Å². The molecule has 0 aliphatic heterocycles. The lowest BCUT2D eigenvalue weighted by Gasteiger charge is -2.24. The van der Waals surface area contributed by atoms with Crippen LogP contribution in [0.5, 0.6) is 0 Å². The molecule has 0 aliphatic carbocycles. The highest BCUT2D eigenvalue weighted by molar-refractivity contribution is 6.31. The van der Waals surface area contributed by atoms with Crippen molar-refractivity contribution in [1.82, 2.24) is 15.1 Å². The van der Waals surface area contributed by atoms with E-state index in [-0.39, 0.29) is 6.54 Å². The van der Waals surface area contributed by atoms with E-state index in [0.717, 1.165) is 5.69 Å². The maximum atomic E-state index is 11.0. The first-order valence-corrected chi connectivity index (χ1v) is 4.88. The van der Waals surface area contributed by atoms with Crippen molar-refractivity contribution in [1.29, 1.82) is 0 Å². The fourth-order valence-corrected chi connectivity index (χ4v) is 1.28. The first-order valence-electron chi connectivity index (χ1n) is 4.51. The Morgan fingerprint density at radius 3 is 2.73 bits per heavy atom. The average Bonchev–Trinajstić information content (AvgIpc) is 2.49. The fourth-order valence-electron chi connectivity index (χ4n) is 1.14. The largest absolute Gasteiger partial charge is 0.480 e. The molecule has 0 fully saturated rings. The topological polar surface area (TPSA) is 67.2 Å². The minimum Gasteiger partial charge on any atom is -0.480 e. The van der Waals surface area contributed by atoms with Crippen LogP contribution in [0.4, 0.5) is 0 Å². The van der Waals surface area contributed by atoms with Gasteiger partial charge in [0.2, 0.25) is 0 Å². The van der Waals surface area contributed by atoms with Crippen LogP contribution in [0.1, 0.15) is 12.6 Å². The van der Waals surface area contributed by atoms with Gasteiger partial charge in [-0.05, 0) is 20.9 Å². The molecule has 0 saturated carbocycles. The van der Waals surface area contributed by atoms with Gasteiger partial charge in [-0.25, -0.2) is 0 Å². The average molecular weight is 232 g/mol. The number of hydrogen-bond donors (Lipinski definition) is 2. The Hall–Kier alpha value is -1.07. The number of aromatic nitrogens is 2. The number of halogens is 1. The van der Waals surface area contributed by atoms with Crippen LogP contribution < -0.4 is 5.32 Å². The number of carboxylic acid groups (broad SMARTS) is 1. The molecule has 0 saturated heterocycles. The zero-order valence-electron chi connectivity index (χ0n) is 8.91. The van der Waals surface area contributed by atoms with Gasteiger partial charge in [-0.2, -0.15) is 5.10 Å².